The van der Waals surface area contributed by atoms with Crippen LogP contribution in [-0.4, -0.2) is 39.8 Å². The van der Waals surface area contributed by atoms with E-state index in [0.717, 1.165) is 32.4 Å². The third kappa shape index (κ3) is 4.11. The first-order valence-corrected chi connectivity index (χ1v) is 10.1. The number of piperidine rings is 1. The number of aryl methyl sites for hydroxylation is 1. The van der Waals surface area contributed by atoms with E-state index in [4.69, 9.17) is 5.73 Å². The van der Waals surface area contributed by atoms with Crippen molar-refractivity contribution >= 4 is 40.8 Å². The van der Waals surface area contributed by atoms with Gasteiger partial charge in [0.05, 0.1) is 22.1 Å². The Morgan fingerprint density at radius 3 is 2.74 bits per heavy atom. The fourth-order valence-corrected chi connectivity index (χ4v) is 3.92. The number of carbonyl (C=O) groups is 2. The standard InChI is InChI=1S/C20H23N7O4/c1-11-5-6-12(27(30)31)9-14(11)22-19(29)13-10-15(28)23-18-16(13)17(21)24-20(25-18)26-7-3-2-4-8-26/h5-6,9,13H,2-4,7-8,10H2,1H3,(H,22,29)(H3,21,23,24,25,28). The predicted molar refractivity (Wildman–Crippen MR) is 115 cm³/mol. The zero-order chi connectivity index (χ0) is 22.1. The molecule has 1 saturated heterocycles. The van der Waals surface area contributed by atoms with Gasteiger partial charge < -0.3 is 21.3 Å². The number of nitro groups is 1. The van der Waals surface area contributed by atoms with Crippen LogP contribution in [-0.2, 0) is 9.59 Å². The topological polar surface area (TPSA) is 156 Å². The van der Waals surface area contributed by atoms with E-state index in [1.807, 2.05) is 4.90 Å². The first kappa shape index (κ1) is 20.5. The summed E-state index contributed by atoms with van der Waals surface area (Å²) in [5, 5.41) is 16.5. The zero-order valence-corrected chi connectivity index (χ0v) is 17.1. The molecule has 162 valence electrons. The van der Waals surface area contributed by atoms with Crippen molar-refractivity contribution in [3.63, 3.8) is 0 Å². The van der Waals surface area contributed by atoms with Gasteiger partial charge in [-0.05, 0) is 31.7 Å². The van der Waals surface area contributed by atoms with E-state index >= 15 is 0 Å². The van der Waals surface area contributed by atoms with Gasteiger partial charge in [-0.1, -0.05) is 6.07 Å². The lowest BCUT2D eigenvalue weighted by Crippen LogP contribution is -2.35. The summed E-state index contributed by atoms with van der Waals surface area (Å²) in [6.45, 7) is 3.34. The number of amides is 2. The molecule has 1 fully saturated rings. The van der Waals surface area contributed by atoms with Crippen LogP contribution in [0.4, 0.5) is 29.0 Å². The molecule has 0 bridgehead atoms. The minimum atomic E-state index is -0.905. The number of hydrogen-bond donors (Lipinski definition) is 3. The summed E-state index contributed by atoms with van der Waals surface area (Å²) in [4.78, 5) is 46.8. The molecule has 0 saturated carbocycles. The summed E-state index contributed by atoms with van der Waals surface area (Å²) >= 11 is 0. The molecule has 2 aliphatic rings. The monoisotopic (exact) mass is 425 g/mol. The highest BCUT2D eigenvalue weighted by atomic mass is 16.6. The molecule has 3 heterocycles. The molecule has 4 rings (SSSR count). The Labute approximate surface area is 178 Å². The molecule has 2 amide bonds. The first-order chi connectivity index (χ1) is 14.8. The number of non-ortho nitro benzene ring substituents is 1. The lowest BCUT2D eigenvalue weighted by molar-refractivity contribution is -0.384. The molecule has 1 aromatic carbocycles. The van der Waals surface area contributed by atoms with Crippen LogP contribution < -0.4 is 21.3 Å². The molecular weight excluding hydrogens is 402 g/mol. The van der Waals surface area contributed by atoms with Crippen LogP contribution in [0.25, 0.3) is 0 Å². The fraction of sp³-hybridized carbons (Fsp3) is 0.400. The molecule has 2 aliphatic heterocycles. The van der Waals surface area contributed by atoms with Crippen LogP contribution in [0.5, 0.6) is 0 Å². The second-order valence-corrected chi connectivity index (χ2v) is 7.77. The van der Waals surface area contributed by atoms with Crippen molar-refractivity contribution in [1.29, 1.82) is 0 Å². The minimum absolute atomic E-state index is 0.122. The summed E-state index contributed by atoms with van der Waals surface area (Å²) in [5.41, 5.74) is 7.39. The maximum atomic E-state index is 13.1. The molecule has 31 heavy (non-hydrogen) atoms. The number of rotatable bonds is 4. The smallest absolute Gasteiger partial charge is 0.271 e. The molecule has 4 N–H and O–H groups in total. The van der Waals surface area contributed by atoms with Gasteiger partial charge in [-0.15, -0.1) is 0 Å². The largest absolute Gasteiger partial charge is 0.383 e. The van der Waals surface area contributed by atoms with Crippen molar-refractivity contribution in [3.05, 3.63) is 39.4 Å². The summed E-state index contributed by atoms with van der Waals surface area (Å²) in [7, 11) is 0. The van der Waals surface area contributed by atoms with Gasteiger partial charge >= 0.3 is 0 Å². The van der Waals surface area contributed by atoms with Crippen molar-refractivity contribution in [2.24, 2.45) is 0 Å². The number of nitrogens with one attached hydrogen (secondary N) is 2. The van der Waals surface area contributed by atoms with Crippen molar-refractivity contribution in [3.8, 4) is 0 Å². The van der Waals surface area contributed by atoms with Gasteiger partial charge in [0, 0.05) is 31.6 Å². The van der Waals surface area contributed by atoms with Crippen molar-refractivity contribution in [1.82, 2.24) is 9.97 Å². The van der Waals surface area contributed by atoms with Gasteiger partial charge in [-0.2, -0.15) is 9.97 Å². The summed E-state index contributed by atoms with van der Waals surface area (Å²) < 4.78 is 0. The Bertz CT molecular complexity index is 1070. The van der Waals surface area contributed by atoms with E-state index in [1.54, 1.807) is 13.0 Å². The lowest BCUT2D eigenvalue weighted by Gasteiger charge is -2.30. The van der Waals surface area contributed by atoms with Crippen LogP contribution in [0.2, 0.25) is 0 Å². The van der Waals surface area contributed by atoms with E-state index < -0.39 is 16.7 Å². The van der Waals surface area contributed by atoms with E-state index in [1.165, 1.54) is 12.1 Å². The van der Waals surface area contributed by atoms with Gasteiger partial charge in [0.1, 0.15) is 11.6 Å². The third-order valence-corrected chi connectivity index (χ3v) is 5.60. The normalized spacial score (nSPS) is 18.2. The number of nitro benzene ring substituents is 1. The van der Waals surface area contributed by atoms with Gasteiger partial charge in [0.2, 0.25) is 17.8 Å². The number of hydrogen-bond acceptors (Lipinski definition) is 8. The second-order valence-electron chi connectivity index (χ2n) is 7.77. The van der Waals surface area contributed by atoms with Gasteiger partial charge in [-0.25, -0.2) is 0 Å². The van der Waals surface area contributed by atoms with Crippen LogP contribution in [0.15, 0.2) is 18.2 Å². The summed E-state index contributed by atoms with van der Waals surface area (Å²) in [5.74, 6) is -0.946. The number of benzene rings is 1. The Kier molecular flexibility index (Phi) is 5.40. The number of fused-ring (bicyclic) bond motifs is 1. The lowest BCUT2D eigenvalue weighted by atomic mass is 9.91. The molecule has 0 aliphatic carbocycles. The average Bonchev–Trinajstić information content (AvgIpc) is 2.74. The van der Waals surface area contributed by atoms with Gasteiger partial charge in [-0.3, -0.25) is 19.7 Å². The molecule has 0 radical (unpaired) electrons. The highest BCUT2D eigenvalue weighted by Gasteiger charge is 2.35. The SMILES string of the molecule is Cc1ccc([N+](=O)[O-])cc1NC(=O)C1CC(=O)Nc2nc(N3CCCCC3)nc(N)c21. The fourth-order valence-electron chi connectivity index (χ4n) is 3.92. The molecular formula is C20H23N7O4. The maximum Gasteiger partial charge on any atom is 0.271 e. The van der Waals surface area contributed by atoms with E-state index in [0.29, 0.717) is 22.8 Å². The Hall–Kier alpha value is -3.76. The second kappa shape index (κ2) is 8.17. The highest BCUT2D eigenvalue weighted by Crippen LogP contribution is 2.37. The van der Waals surface area contributed by atoms with E-state index in [2.05, 4.69) is 20.6 Å². The molecule has 1 atom stereocenters. The van der Waals surface area contributed by atoms with Crippen molar-refractivity contribution < 1.29 is 14.5 Å². The quantitative estimate of drug-likeness (QED) is 0.498. The van der Waals surface area contributed by atoms with Gasteiger partial charge in [0.25, 0.3) is 5.69 Å². The zero-order valence-electron chi connectivity index (χ0n) is 17.1. The molecule has 2 aromatic rings. The molecule has 1 unspecified atom stereocenters. The van der Waals surface area contributed by atoms with E-state index in [-0.39, 0.29) is 29.7 Å². The molecule has 11 heteroatoms. The predicted octanol–water partition coefficient (Wildman–Crippen LogP) is 2.33. The Morgan fingerprint density at radius 2 is 2.03 bits per heavy atom. The molecule has 0 spiro atoms. The number of nitrogens with zero attached hydrogens (tertiary/aromatic N) is 4. The minimum Gasteiger partial charge on any atom is -0.383 e. The average molecular weight is 425 g/mol. The molecule has 11 nitrogen and oxygen atoms in total. The third-order valence-electron chi connectivity index (χ3n) is 5.60. The number of carbonyl (C=O) groups excluding carboxylic acids is 2. The number of anilines is 4. The van der Waals surface area contributed by atoms with Gasteiger partial charge in [0.15, 0.2) is 0 Å². The summed E-state index contributed by atoms with van der Waals surface area (Å²) in [6, 6.07) is 4.20. The van der Waals surface area contributed by atoms with Crippen LogP contribution in [0.3, 0.4) is 0 Å². The number of aromatic nitrogens is 2. The first-order valence-electron chi connectivity index (χ1n) is 10.1. The van der Waals surface area contributed by atoms with E-state index in [9.17, 15) is 19.7 Å². The van der Waals surface area contributed by atoms with Crippen LogP contribution >= 0.6 is 0 Å². The molecule has 1 aromatic heterocycles. The van der Waals surface area contributed by atoms with Crippen LogP contribution in [0, 0.1) is 17.0 Å². The van der Waals surface area contributed by atoms with Crippen molar-refractivity contribution in [2.75, 3.05) is 34.4 Å². The maximum absolute atomic E-state index is 13.1. The van der Waals surface area contributed by atoms with Crippen molar-refractivity contribution in [2.45, 2.75) is 38.5 Å². The Balaban J connectivity index is 1.65. The Morgan fingerprint density at radius 1 is 1.29 bits per heavy atom. The summed E-state index contributed by atoms with van der Waals surface area (Å²) in [6.07, 6.45) is 3.08. The number of nitrogens with two attached hydrogens (primary N) is 1. The highest BCUT2D eigenvalue weighted by molar-refractivity contribution is 6.06. The van der Waals surface area contributed by atoms with Crippen LogP contribution in [0.1, 0.15) is 42.7 Å². The number of nitrogen functional groups attached to an aromatic ring is 1.